The van der Waals surface area contributed by atoms with Crippen LogP contribution >= 0.6 is 0 Å². The third-order valence-electron chi connectivity index (χ3n) is 4.89. The highest BCUT2D eigenvalue weighted by atomic mass is 16.5. The number of Topliss-reactive ketones (excluding diaryl/α,β-unsaturated/α-hetero) is 1. The maximum atomic E-state index is 12.5. The summed E-state index contributed by atoms with van der Waals surface area (Å²) in [4.78, 5) is 12.5. The Kier molecular flexibility index (Phi) is 2.12. The van der Waals surface area contributed by atoms with Crippen LogP contribution in [0.5, 0.6) is 5.75 Å². The smallest absolute Gasteiger partial charge is 0.166 e. The summed E-state index contributed by atoms with van der Waals surface area (Å²) in [5.41, 5.74) is 2.12. The molecule has 2 heteroatoms. The highest BCUT2D eigenvalue weighted by molar-refractivity contribution is 6.00. The molecule has 0 saturated heterocycles. The predicted octanol–water partition coefficient (Wildman–Crippen LogP) is 3.24. The first kappa shape index (κ1) is 10.6. The molecular weight excluding hydrogens is 224 g/mol. The molecule has 0 spiro atoms. The van der Waals surface area contributed by atoms with Gasteiger partial charge in [0.15, 0.2) is 5.78 Å². The third-order valence-corrected chi connectivity index (χ3v) is 4.89. The second kappa shape index (κ2) is 3.59. The highest BCUT2D eigenvalue weighted by Crippen LogP contribution is 2.58. The Morgan fingerprint density at radius 2 is 2.06 bits per heavy atom. The zero-order valence-electron chi connectivity index (χ0n) is 10.7. The molecule has 18 heavy (non-hydrogen) atoms. The van der Waals surface area contributed by atoms with Crippen molar-refractivity contribution in [2.24, 2.45) is 17.8 Å². The number of carbonyl (C=O) groups excluding carboxylic acids is 1. The number of fused-ring (bicyclic) bond motifs is 2. The van der Waals surface area contributed by atoms with Crippen LogP contribution in [-0.2, 0) is 6.42 Å². The first-order chi connectivity index (χ1) is 8.74. The number of ether oxygens (including phenoxy) is 1. The maximum Gasteiger partial charge on any atom is 0.166 e. The Bertz CT molecular complexity index is 510. The molecule has 0 N–H and O–H groups in total. The van der Waals surface area contributed by atoms with Crippen LogP contribution in [0.2, 0.25) is 0 Å². The summed E-state index contributed by atoms with van der Waals surface area (Å²) in [6.45, 7) is 2.08. The number of hydrogen-bond acceptors (Lipinski definition) is 2. The average molecular weight is 242 g/mol. The minimum atomic E-state index is 0.255. The van der Waals surface area contributed by atoms with E-state index in [1.165, 1.54) is 24.8 Å². The van der Waals surface area contributed by atoms with Gasteiger partial charge in [-0.05, 0) is 55.4 Å². The molecule has 3 atom stereocenters. The Morgan fingerprint density at radius 3 is 2.83 bits per heavy atom. The fraction of sp³-hybridized carbons (Fsp3) is 0.562. The Hall–Kier alpha value is -1.31. The van der Waals surface area contributed by atoms with Crippen molar-refractivity contribution in [3.05, 3.63) is 29.3 Å². The van der Waals surface area contributed by atoms with Crippen molar-refractivity contribution in [2.45, 2.75) is 38.7 Å². The summed E-state index contributed by atoms with van der Waals surface area (Å²) in [6, 6.07) is 5.99. The van der Waals surface area contributed by atoms with Crippen LogP contribution in [0.4, 0.5) is 0 Å². The molecule has 0 bridgehead atoms. The standard InChI is InChI=1S/C16H18O2/c1-9-7-11-8-10(5-6-14(11)18-9)16(17)15-12-3-2-4-13(12)15/h5-6,8-9,12-13,15H,2-4,7H2,1H3. The molecule has 3 unspecified atom stereocenters. The molecule has 1 aromatic rings. The normalized spacial score (nSPS) is 35.8. The number of ketones is 1. The molecular formula is C16H18O2. The van der Waals surface area contributed by atoms with Crippen molar-refractivity contribution in [3.63, 3.8) is 0 Å². The molecule has 4 rings (SSSR count). The topological polar surface area (TPSA) is 26.3 Å². The quantitative estimate of drug-likeness (QED) is 0.744. The van der Waals surface area contributed by atoms with Crippen LogP contribution in [0.15, 0.2) is 18.2 Å². The molecule has 1 aliphatic heterocycles. The van der Waals surface area contributed by atoms with Crippen LogP contribution in [0.3, 0.4) is 0 Å². The van der Waals surface area contributed by atoms with E-state index in [1.807, 2.05) is 12.1 Å². The van der Waals surface area contributed by atoms with Crippen LogP contribution in [0.25, 0.3) is 0 Å². The van der Waals surface area contributed by atoms with Crippen molar-refractivity contribution in [2.75, 3.05) is 0 Å². The van der Waals surface area contributed by atoms with Gasteiger partial charge in [0.25, 0.3) is 0 Å². The van der Waals surface area contributed by atoms with Crippen molar-refractivity contribution in [1.82, 2.24) is 0 Å². The van der Waals surface area contributed by atoms with E-state index in [0.717, 1.165) is 17.7 Å². The van der Waals surface area contributed by atoms with E-state index in [1.54, 1.807) is 0 Å². The minimum absolute atomic E-state index is 0.255. The molecule has 0 radical (unpaired) electrons. The molecule has 0 aromatic heterocycles. The summed E-state index contributed by atoms with van der Waals surface area (Å²) in [5.74, 6) is 3.11. The summed E-state index contributed by atoms with van der Waals surface area (Å²) < 4.78 is 5.68. The monoisotopic (exact) mass is 242 g/mol. The predicted molar refractivity (Wildman–Crippen MR) is 68.9 cm³/mol. The van der Waals surface area contributed by atoms with Crippen LogP contribution in [0.1, 0.15) is 42.1 Å². The number of carbonyl (C=O) groups is 1. The van der Waals surface area contributed by atoms with E-state index >= 15 is 0 Å². The van der Waals surface area contributed by atoms with Gasteiger partial charge in [0, 0.05) is 17.9 Å². The molecule has 94 valence electrons. The van der Waals surface area contributed by atoms with Crippen LogP contribution in [-0.4, -0.2) is 11.9 Å². The molecule has 3 aliphatic rings. The third kappa shape index (κ3) is 1.44. The first-order valence-corrected chi connectivity index (χ1v) is 7.08. The van der Waals surface area contributed by atoms with Crippen LogP contribution < -0.4 is 4.74 Å². The van der Waals surface area contributed by atoms with E-state index in [0.29, 0.717) is 23.5 Å². The van der Waals surface area contributed by atoms with E-state index in [9.17, 15) is 4.79 Å². The SMILES string of the molecule is CC1Cc2cc(C(=O)C3C4CCCC43)ccc2O1. The first-order valence-electron chi connectivity index (χ1n) is 7.08. The Labute approximate surface area is 107 Å². The van der Waals surface area contributed by atoms with Crippen molar-refractivity contribution >= 4 is 5.78 Å². The van der Waals surface area contributed by atoms with Gasteiger partial charge in [0.2, 0.25) is 0 Å². The molecule has 0 amide bonds. The molecule has 2 saturated carbocycles. The van der Waals surface area contributed by atoms with Gasteiger partial charge in [0.05, 0.1) is 0 Å². The highest BCUT2D eigenvalue weighted by Gasteiger charge is 2.56. The summed E-state index contributed by atoms with van der Waals surface area (Å²) >= 11 is 0. The molecule has 1 heterocycles. The van der Waals surface area contributed by atoms with Gasteiger partial charge in [-0.2, -0.15) is 0 Å². The number of hydrogen-bond donors (Lipinski definition) is 0. The van der Waals surface area contributed by atoms with Crippen molar-refractivity contribution < 1.29 is 9.53 Å². The van der Waals surface area contributed by atoms with Crippen LogP contribution in [0, 0.1) is 17.8 Å². The lowest BCUT2D eigenvalue weighted by molar-refractivity contribution is 0.0951. The van der Waals surface area contributed by atoms with Crippen molar-refractivity contribution in [3.8, 4) is 5.75 Å². The fourth-order valence-corrected chi connectivity index (χ4v) is 3.98. The Balaban J connectivity index is 1.59. The molecule has 2 aliphatic carbocycles. The lowest BCUT2D eigenvalue weighted by atomic mass is 9.98. The number of rotatable bonds is 2. The molecule has 2 nitrogen and oxygen atoms in total. The zero-order valence-corrected chi connectivity index (χ0v) is 10.7. The average Bonchev–Trinajstić information content (AvgIpc) is 2.74. The summed E-state index contributed by atoms with van der Waals surface area (Å²) in [5, 5.41) is 0. The van der Waals surface area contributed by atoms with Gasteiger partial charge < -0.3 is 4.74 Å². The second-order valence-corrected chi connectivity index (χ2v) is 6.10. The lowest BCUT2D eigenvalue weighted by Crippen LogP contribution is -2.06. The van der Waals surface area contributed by atoms with Gasteiger partial charge in [-0.25, -0.2) is 0 Å². The van der Waals surface area contributed by atoms with Gasteiger partial charge in [-0.1, -0.05) is 6.42 Å². The maximum absolute atomic E-state index is 12.5. The van der Waals surface area contributed by atoms with Gasteiger partial charge in [-0.15, -0.1) is 0 Å². The molecule has 2 fully saturated rings. The van der Waals surface area contributed by atoms with Crippen molar-refractivity contribution in [1.29, 1.82) is 0 Å². The van der Waals surface area contributed by atoms with Gasteiger partial charge in [-0.3, -0.25) is 4.79 Å². The Morgan fingerprint density at radius 1 is 1.28 bits per heavy atom. The second-order valence-electron chi connectivity index (χ2n) is 6.10. The molecule has 1 aromatic carbocycles. The van der Waals surface area contributed by atoms with Gasteiger partial charge in [0.1, 0.15) is 11.9 Å². The van der Waals surface area contributed by atoms with E-state index in [2.05, 4.69) is 13.0 Å². The zero-order chi connectivity index (χ0) is 12.3. The van der Waals surface area contributed by atoms with Gasteiger partial charge >= 0.3 is 0 Å². The largest absolute Gasteiger partial charge is 0.490 e. The van der Waals surface area contributed by atoms with E-state index in [-0.39, 0.29) is 6.10 Å². The van der Waals surface area contributed by atoms with E-state index in [4.69, 9.17) is 4.74 Å². The summed E-state index contributed by atoms with van der Waals surface area (Å²) in [6.07, 6.45) is 5.06. The summed E-state index contributed by atoms with van der Waals surface area (Å²) in [7, 11) is 0. The minimum Gasteiger partial charge on any atom is -0.490 e. The fourth-order valence-electron chi connectivity index (χ4n) is 3.98. The number of benzene rings is 1. The lowest BCUT2D eigenvalue weighted by Gasteiger charge is -2.05. The van der Waals surface area contributed by atoms with E-state index < -0.39 is 0 Å².